The van der Waals surface area contributed by atoms with E-state index in [2.05, 4.69) is 12.2 Å². The Kier molecular flexibility index (Phi) is 3.35. The van der Waals surface area contributed by atoms with Crippen LogP contribution in [0.2, 0.25) is 0 Å². The highest BCUT2D eigenvalue weighted by Crippen LogP contribution is 2.34. The van der Waals surface area contributed by atoms with Gasteiger partial charge in [0, 0.05) is 12.4 Å². The topological polar surface area (TPSA) is 33.6 Å². The molecule has 1 saturated carbocycles. The highest BCUT2D eigenvalue weighted by Gasteiger charge is 2.34. The van der Waals surface area contributed by atoms with Crippen molar-refractivity contribution in [3.63, 3.8) is 0 Å². The Hall–Kier alpha value is -0.220. The second-order valence-electron chi connectivity index (χ2n) is 5.85. The van der Waals surface area contributed by atoms with Gasteiger partial charge in [-0.05, 0) is 32.1 Å². The van der Waals surface area contributed by atoms with Gasteiger partial charge in [-0.25, -0.2) is 0 Å². The molecule has 3 nitrogen and oxygen atoms in total. The highest BCUT2D eigenvalue weighted by atomic mass is 32.2. The molecular formula is C13H22N2OS. The second-order valence-corrected chi connectivity index (χ2v) is 6.85. The van der Waals surface area contributed by atoms with Crippen LogP contribution in [0.25, 0.3) is 0 Å². The third-order valence-electron chi connectivity index (χ3n) is 4.21. The van der Waals surface area contributed by atoms with Gasteiger partial charge in [0.1, 0.15) is 0 Å². The molecule has 2 heterocycles. The number of rotatable bonds is 1. The molecular weight excluding hydrogens is 232 g/mol. The molecule has 3 rings (SSSR count). The van der Waals surface area contributed by atoms with Gasteiger partial charge in [-0.2, -0.15) is 0 Å². The number of fused-ring (bicyclic) bond motifs is 1. The zero-order chi connectivity index (χ0) is 11.7. The lowest BCUT2D eigenvalue weighted by Crippen LogP contribution is -2.47. The number of amidine groups is 1. The molecule has 0 bridgehead atoms. The van der Waals surface area contributed by atoms with Gasteiger partial charge in [-0.15, -0.1) is 0 Å². The van der Waals surface area contributed by atoms with Crippen molar-refractivity contribution in [3.8, 4) is 0 Å². The van der Waals surface area contributed by atoms with Crippen LogP contribution in [0.3, 0.4) is 0 Å². The molecule has 3 atom stereocenters. The van der Waals surface area contributed by atoms with E-state index < -0.39 is 0 Å². The fourth-order valence-corrected chi connectivity index (χ4v) is 4.31. The molecule has 3 aliphatic rings. The molecule has 17 heavy (non-hydrogen) atoms. The molecule has 0 radical (unpaired) electrons. The quantitative estimate of drug-likeness (QED) is 0.780. The molecule has 96 valence electrons. The molecule has 0 aromatic heterocycles. The van der Waals surface area contributed by atoms with E-state index in [4.69, 9.17) is 9.73 Å². The summed E-state index contributed by atoms with van der Waals surface area (Å²) in [5.41, 5.74) is 0.118. The molecule has 0 aromatic carbocycles. The van der Waals surface area contributed by atoms with Gasteiger partial charge in [0.2, 0.25) is 0 Å². The van der Waals surface area contributed by atoms with Crippen molar-refractivity contribution < 1.29 is 4.74 Å². The van der Waals surface area contributed by atoms with Crippen molar-refractivity contribution in [3.05, 3.63) is 0 Å². The van der Waals surface area contributed by atoms with Crippen LogP contribution >= 0.6 is 11.8 Å². The molecule has 2 aliphatic heterocycles. The molecule has 3 unspecified atom stereocenters. The van der Waals surface area contributed by atoms with Gasteiger partial charge >= 0.3 is 0 Å². The minimum Gasteiger partial charge on any atom is -0.379 e. The fourth-order valence-electron chi connectivity index (χ4n) is 3.02. The lowest BCUT2D eigenvalue weighted by molar-refractivity contribution is 0.177. The van der Waals surface area contributed by atoms with Gasteiger partial charge in [0.05, 0.1) is 18.2 Å². The highest BCUT2D eigenvalue weighted by molar-refractivity contribution is 8.13. The summed E-state index contributed by atoms with van der Waals surface area (Å²) in [6.07, 6.45) is 6.55. The second kappa shape index (κ2) is 4.81. The van der Waals surface area contributed by atoms with Gasteiger partial charge in [-0.1, -0.05) is 24.6 Å². The molecule has 0 amide bonds. The van der Waals surface area contributed by atoms with Crippen molar-refractivity contribution >= 4 is 16.9 Å². The van der Waals surface area contributed by atoms with Crippen molar-refractivity contribution in [2.45, 2.75) is 50.6 Å². The maximum atomic E-state index is 5.48. The predicted molar refractivity (Wildman–Crippen MR) is 72.6 cm³/mol. The molecule has 1 N–H and O–H groups in total. The average molecular weight is 254 g/mol. The Labute approximate surface area is 108 Å². The van der Waals surface area contributed by atoms with Crippen LogP contribution in [0.15, 0.2) is 4.99 Å². The maximum absolute atomic E-state index is 5.48. The summed E-state index contributed by atoms with van der Waals surface area (Å²) in [6.45, 7) is 3.95. The van der Waals surface area contributed by atoms with Gasteiger partial charge in [0.15, 0.2) is 5.17 Å². The predicted octanol–water partition coefficient (Wildman–Crippen LogP) is 2.42. The lowest BCUT2D eigenvalue weighted by Gasteiger charge is -2.35. The smallest absolute Gasteiger partial charge is 0.157 e. The first-order chi connectivity index (χ1) is 8.25. The van der Waals surface area contributed by atoms with Crippen LogP contribution in [-0.4, -0.2) is 35.7 Å². The Balaban J connectivity index is 1.65. The fraction of sp³-hybridized carbons (Fsp3) is 0.923. The first-order valence-corrected chi connectivity index (χ1v) is 7.80. The number of nitrogens with zero attached hydrogens (tertiary/aromatic N) is 1. The number of hydrogen-bond acceptors (Lipinski definition) is 4. The molecule has 0 spiro atoms. The van der Waals surface area contributed by atoms with Crippen molar-refractivity contribution in [1.82, 2.24) is 5.32 Å². The van der Waals surface area contributed by atoms with Crippen LogP contribution in [0, 0.1) is 5.92 Å². The van der Waals surface area contributed by atoms with Crippen LogP contribution in [-0.2, 0) is 4.74 Å². The summed E-state index contributed by atoms with van der Waals surface area (Å²) in [5.74, 6) is 2.10. The third-order valence-corrected chi connectivity index (χ3v) is 5.29. The van der Waals surface area contributed by atoms with Gasteiger partial charge in [-0.3, -0.25) is 4.99 Å². The van der Waals surface area contributed by atoms with E-state index in [0.717, 1.165) is 25.6 Å². The average Bonchev–Trinajstić information content (AvgIpc) is 2.76. The minimum absolute atomic E-state index is 0.118. The summed E-state index contributed by atoms with van der Waals surface area (Å²) < 4.78 is 5.48. The van der Waals surface area contributed by atoms with Crippen LogP contribution in [0.5, 0.6) is 0 Å². The standard InChI is InChI=1S/C13H22N2OS/c1-13(6-7-16-9-13)15-12-14-11-5-3-2-4-10(11)8-17-12/h10-11H,2-9H2,1H3,(H,14,15). The molecule has 2 fully saturated rings. The molecule has 4 heteroatoms. The Bertz CT molecular complexity index is 313. The van der Waals surface area contributed by atoms with E-state index in [1.165, 1.54) is 36.6 Å². The van der Waals surface area contributed by atoms with E-state index in [1.54, 1.807) is 0 Å². The largest absolute Gasteiger partial charge is 0.379 e. The SMILES string of the molecule is CC1(NC2=NC3CCCCC3CS2)CCOC1. The van der Waals surface area contributed by atoms with Gasteiger partial charge < -0.3 is 10.1 Å². The van der Waals surface area contributed by atoms with Crippen LogP contribution in [0.1, 0.15) is 39.0 Å². The maximum Gasteiger partial charge on any atom is 0.157 e. The van der Waals surface area contributed by atoms with Gasteiger partial charge in [0.25, 0.3) is 0 Å². The molecule has 1 aliphatic carbocycles. The minimum atomic E-state index is 0.118. The number of thioether (sulfide) groups is 1. The zero-order valence-corrected chi connectivity index (χ0v) is 11.4. The zero-order valence-electron chi connectivity index (χ0n) is 10.6. The monoisotopic (exact) mass is 254 g/mol. The van der Waals surface area contributed by atoms with Crippen LogP contribution < -0.4 is 5.32 Å². The van der Waals surface area contributed by atoms with E-state index in [9.17, 15) is 0 Å². The van der Waals surface area contributed by atoms with Crippen molar-refractivity contribution in [2.75, 3.05) is 19.0 Å². The Morgan fingerprint density at radius 1 is 1.41 bits per heavy atom. The lowest BCUT2D eigenvalue weighted by atomic mass is 9.86. The van der Waals surface area contributed by atoms with Crippen molar-refractivity contribution in [2.24, 2.45) is 10.9 Å². The summed E-state index contributed by atoms with van der Waals surface area (Å²) in [7, 11) is 0. The summed E-state index contributed by atoms with van der Waals surface area (Å²) in [4.78, 5) is 4.93. The first-order valence-electron chi connectivity index (χ1n) is 6.82. The van der Waals surface area contributed by atoms with Crippen molar-refractivity contribution in [1.29, 1.82) is 0 Å². The number of hydrogen-bond donors (Lipinski definition) is 1. The summed E-state index contributed by atoms with van der Waals surface area (Å²) >= 11 is 1.92. The Morgan fingerprint density at radius 2 is 2.29 bits per heavy atom. The van der Waals surface area contributed by atoms with E-state index in [0.29, 0.717) is 6.04 Å². The first kappa shape index (κ1) is 11.8. The van der Waals surface area contributed by atoms with E-state index in [1.807, 2.05) is 11.8 Å². The molecule has 1 saturated heterocycles. The normalized spacial score (nSPS) is 41.8. The summed E-state index contributed by atoms with van der Waals surface area (Å²) in [5, 5.41) is 4.78. The van der Waals surface area contributed by atoms with E-state index in [-0.39, 0.29) is 5.54 Å². The number of nitrogens with one attached hydrogen (secondary N) is 1. The van der Waals surface area contributed by atoms with Crippen LogP contribution in [0.4, 0.5) is 0 Å². The third kappa shape index (κ3) is 2.63. The van der Waals surface area contributed by atoms with E-state index >= 15 is 0 Å². The number of ether oxygens (including phenoxy) is 1. The number of aliphatic imine (C=N–C) groups is 1. The summed E-state index contributed by atoms with van der Waals surface area (Å²) in [6, 6.07) is 0.596. The molecule has 0 aromatic rings. The Morgan fingerprint density at radius 3 is 3.12 bits per heavy atom.